The number of nitrogens with one attached hydrogen (secondary N) is 2. The van der Waals surface area contributed by atoms with Gasteiger partial charge in [0, 0.05) is 9.50 Å². The van der Waals surface area contributed by atoms with Gasteiger partial charge in [0.25, 0.3) is 0 Å². The largest absolute Gasteiger partial charge is 0.464 e. The van der Waals surface area contributed by atoms with Crippen molar-refractivity contribution in [3.05, 3.63) is 27.7 Å². The molecule has 7 nitrogen and oxygen atoms in total. The Hall–Kier alpha value is -1.64. The van der Waals surface area contributed by atoms with E-state index >= 15 is 0 Å². The Bertz CT molecular complexity index is 611. The van der Waals surface area contributed by atoms with Gasteiger partial charge in [0.2, 0.25) is 11.9 Å². The molecule has 1 aromatic carbocycles. The smallest absolute Gasteiger partial charge is 0.323 e. The summed E-state index contributed by atoms with van der Waals surface area (Å²) in [5.74, 6) is 5.82. The summed E-state index contributed by atoms with van der Waals surface area (Å²) in [4.78, 5) is 12.2. The number of ether oxygens (including phenoxy) is 1. The number of hydrogen-bond donors (Lipinski definition) is 3. The van der Waals surface area contributed by atoms with E-state index in [1.165, 1.54) is 0 Å². The average molecular weight is 360 g/mol. The SMILES string of the molecule is CCOc1nc(NN)nc(Nc2ccc(Cl)cc2Br)n1. The molecule has 0 aliphatic rings. The molecule has 0 saturated carbocycles. The number of aromatic nitrogens is 3. The lowest BCUT2D eigenvalue weighted by Gasteiger charge is -2.10. The first-order valence-corrected chi connectivity index (χ1v) is 6.87. The van der Waals surface area contributed by atoms with E-state index in [4.69, 9.17) is 22.2 Å². The van der Waals surface area contributed by atoms with Crippen LogP contribution in [0.1, 0.15) is 6.92 Å². The Morgan fingerprint density at radius 2 is 2.05 bits per heavy atom. The second-order valence-electron chi connectivity index (χ2n) is 3.59. The molecule has 0 saturated heterocycles. The number of nitrogen functional groups attached to an aromatic ring is 1. The molecule has 2 rings (SSSR count). The van der Waals surface area contributed by atoms with Crippen LogP contribution >= 0.6 is 27.5 Å². The number of hydrogen-bond acceptors (Lipinski definition) is 7. The van der Waals surface area contributed by atoms with Gasteiger partial charge in [0.15, 0.2) is 0 Å². The zero-order valence-corrected chi connectivity index (χ0v) is 12.9. The highest BCUT2D eigenvalue weighted by molar-refractivity contribution is 9.10. The van der Waals surface area contributed by atoms with Crippen LogP contribution in [0, 0.1) is 0 Å². The molecule has 0 aliphatic heterocycles. The summed E-state index contributed by atoms with van der Waals surface area (Å²) in [6, 6.07) is 5.49. The zero-order valence-electron chi connectivity index (χ0n) is 10.5. The van der Waals surface area contributed by atoms with E-state index in [0.29, 0.717) is 17.6 Å². The summed E-state index contributed by atoms with van der Waals surface area (Å²) >= 11 is 9.29. The number of halogens is 2. The Morgan fingerprint density at radius 1 is 1.30 bits per heavy atom. The summed E-state index contributed by atoms with van der Waals surface area (Å²) in [6.45, 7) is 2.28. The fraction of sp³-hybridized carbons (Fsp3) is 0.182. The van der Waals surface area contributed by atoms with Crippen LogP contribution in [0.3, 0.4) is 0 Å². The minimum absolute atomic E-state index is 0.183. The van der Waals surface area contributed by atoms with E-state index in [-0.39, 0.29) is 12.0 Å². The molecule has 0 aliphatic carbocycles. The predicted molar refractivity (Wildman–Crippen MR) is 81.2 cm³/mol. The molecule has 0 amide bonds. The highest BCUT2D eigenvalue weighted by atomic mass is 79.9. The molecule has 1 aromatic heterocycles. The maximum Gasteiger partial charge on any atom is 0.323 e. The van der Waals surface area contributed by atoms with E-state index in [1.54, 1.807) is 18.2 Å². The third-order valence-corrected chi connectivity index (χ3v) is 3.09. The van der Waals surface area contributed by atoms with Gasteiger partial charge in [0.05, 0.1) is 12.3 Å². The molecule has 20 heavy (non-hydrogen) atoms. The number of nitrogens with zero attached hydrogens (tertiary/aromatic N) is 3. The van der Waals surface area contributed by atoms with Gasteiger partial charge in [-0.05, 0) is 41.1 Å². The molecule has 2 aromatic rings. The van der Waals surface area contributed by atoms with Crippen molar-refractivity contribution >= 4 is 45.1 Å². The monoisotopic (exact) mass is 358 g/mol. The quantitative estimate of drug-likeness (QED) is 0.557. The summed E-state index contributed by atoms with van der Waals surface area (Å²) in [5.41, 5.74) is 3.12. The van der Waals surface area contributed by atoms with Crippen LogP contribution < -0.4 is 21.3 Å². The second kappa shape index (κ2) is 6.69. The molecule has 9 heteroatoms. The Balaban J connectivity index is 2.29. The Kier molecular flexibility index (Phi) is 4.94. The van der Waals surface area contributed by atoms with Gasteiger partial charge in [-0.15, -0.1) is 0 Å². The van der Waals surface area contributed by atoms with Crippen LogP contribution in [0.5, 0.6) is 6.01 Å². The molecule has 0 bridgehead atoms. The van der Waals surface area contributed by atoms with Crippen LogP contribution in [0.25, 0.3) is 0 Å². The van der Waals surface area contributed by atoms with E-state index < -0.39 is 0 Å². The van der Waals surface area contributed by atoms with E-state index in [0.717, 1.165) is 10.2 Å². The third kappa shape index (κ3) is 3.69. The maximum atomic E-state index is 5.89. The first-order valence-electron chi connectivity index (χ1n) is 5.70. The van der Waals surface area contributed by atoms with Crippen molar-refractivity contribution in [1.29, 1.82) is 0 Å². The molecule has 0 unspecified atom stereocenters. The van der Waals surface area contributed by atoms with Crippen LogP contribution in [-0.2, 0) is 0 Å². The van der Waals surface area contributed by atoms with Crippen molar-refractivity contribution < 1.29 is 4.74 Å². The van der Waals surface area contributed by atoms with Gasteiger partial charge in [-0.1, -0.05) is 11.6 Å². The van der Waals surface area contributed by atoms with Gasteiger partial charge in [-0.2, -0.15) is 15.0 Å². The molecule has 0 atom stereocenters. The number of rotatable bonds is 5. The minimum Gasteiger partial charge on any atom is -0.464 e. The van der Waals surface area contributed by atoms with Gasteiger partial charge in [-0.25, -0.2) is 5.84 Å². The molecule has 1 heterocycles. The van der Waals surface area contributed by atoms with Crippen LogP contribution in [0.4, 0.5) is 17.6 Å². The fourth-order valence-corrected chi connectivity index (χ4v) is 2.16. The second-order valence-corrected chi connectivity index (χ2v) is 4.88. The van der Waals surface area contributed by atoms with Crippen molar-refractivity contribution in [3.8, 4) is 6.01 Å². The van der Waals surface area contributed by atoms with Crippen molar-refractivity contribution in [2.24, 2.45) is 5.84 Å². The summed E-state index contributed by atoms with van der Waals surface area (Å²) in [7, 11) is 0. The molecule has 0 radical (unpaired) electrons. The van der Waals surface area contributed by atoms with E-state index in [2.05, 4.69) is 41.6 Å². The zero-order chi connectivity index (χ0) is 14.5. The maximum absolute atomic E-state index is 5.89. The van der Waals surface area contributed by atoms with Crippen molar-refractivity contribution in [1.82, 2.24) is 15.0 Å². The lowest BCUT2D eigenvalue weighted by atomic mass is 10.3. The first-order chi connectivity index (χ1) is 9.62. The molecular formula is C11H12BrClN6O. The molecule has 106 valence electrons. The normalized spacial score (nSPS) is 10.2. The fourth-order valence-electron chi connectivity index (χ4n) is 1.38. The molecular weight excluding hydrogens is 348 g/mol. The number of hydrazine groups is 1. The molecule has 4 N–H and O–H groups in total. The first kappa shape index (κ1) is 14.8. The van der Waals surface area contributed by atoms with E-state index in [1.807, 2.05) is 6.92 Å². The predicted octanol–water partition coefficient (Wildman–Crippen LogP) is 2.72. The van der Waals surface area contributed by atoms with Gasteiger partial charge < -0.3 is 10.1 Å². The van der Waals surface area contributed by atoms with Crippen molar-refractivity contribution in [2.75, 3.05) is 17.3 Å². The summed E-state index contributed by atoms with van der Waals surface area (Å²) in [5, 5.41) is 3.65. The summed E-state index contributed by atoms with van der Waals surface area (Å²) < 4.78 is 6.03. The minimum atomic E-state index is 0.183. The Labute approximate surface area is 129 Å². The number of nitrogens with two attached hydrogens (primary N) is 1. The van der Waals surface area contributed by atoms with Crippen molar-refractivity contribution in [3.63, 3.8) is 0 Å². The lowest BCUT2D eigenvalue weighted by molar-refractivity contribution is 0.312. The third-order valence-electron chi connectivity index (χ3n) is 2.20. The number of anilines is 3. The lowest BCUT2D eigenvalue weighted by Crippen LogP contribution is -2.13. The van der Waals surface area contributed by atoms with Crippen LogP contribution in [0.2, 0.25) is 5.02 Å². The van der Waals surface area contributed by atoms with Gasteiger partial charge in [0.1, 0.15) is 0 Å². The van der Waals surface area contributed by atoms with Gasteiger partial charge in [-0.3, -0.25) is 5.43 Å². The van der Waals surface area contributed by atoms with Crippen LogP contribution in [-0.4, -0.2) is 21.6 Å². The summed E-state index contributed by atoms with van der Waals surface area (Å²) in [6.07, 6.45) is 0. The number of benzene rings is 1. The van der Waals surface area contributed by atoms with Crippen molar-refractivity contribution in [2.45, 2.75) is 6.92 Å². The molecule has 0 fully saturated rings. The highest BCUT2D eigenvalue weighted by Gasteiger charge is 2.08. The van der Waals surface area contributed by atoms with Gasteiger partial charge >= 0.3 is 6.01 Å². The Morgan fingerprint density at radius 3 is 2.70 bits per heavy atom. The molecule has 0 spiro atoms. The van der Waals surface area contributed by atoms with Crippen LogP contribution in [0.15, 0.2) is 22.7 Å². The standard InChI is InChI=1S/C11H12BrClN6O/c1-2-20-11-17-9(16-10(18-11)19-14)15-8-4-3-6(13)5-7(8)12/h3-5H,2,14H2,1H3,(H2,15,16,17,18,19). The topological polar surface area (TPSA) is 98.0 Å². The average Bonchev–Trinajstić information content (AvgIpc) is 2.42. The van der Waals surface area contributed by atoms with E-state index in [9.17, 15) is 0 Å². The highest BCUT2D eigenvalue weighted by Crippen LogP contribution is 2.28.